The molecule has 0 heterocycles. The van der Waals surface area contributed by atoms with Gasteiger partial charge in [-0.2, -0.15) is 0 Å². The van der Waals surface area contributed by atoms with Gasteiger partial charge in [0, 0.05) is 13.3 Å². The molecule has 0 aromatic heterocycles. The Kier molecular flexibility index (Phi) is 6.20. The van der Waals surface area contributed by atoms with Crippen LogP contribution >= 0.6 is 0 Å². The van der Waals surface area contributed by atoms with Crippen molar-refractivity contribution in [2.45, 2.75) is 46.5 Å². The molecule has 0 amide bonds. The maximum atomic E-state index is 10.9. The second-order valence-corrected chi connectivity index (χ2v) is 3.61. The first-order valence-corrected chi connectivity index (χ1v) is 4.73. The van der Waals surface area contributed by atoms with Gasteiger partial charge < -0.3 is 4.74 Å². The summed E-state index contributed by atoms with van der Waals surface area (Å²) in [4.78, 5) is 21.2. The molecule has 0 aromatic carbocycles. The number of unbranched alkanes of at least 4 members (excludes halogenated alkanes) is 1. The van der Waals surface area contributed by atoms with E-state index >= 15 is 0 Å². The summed E-state index contributed by atoms with van der Waals surface area (Å²) in [5.41, 5.74) is 0. The maximum absolute atomic E-state index is 10.9. The molecule has 0 aliphatic rings. The Morgan fingerprint density at radius 2 is 1.85 bits per heavy atom. The van der Waals surface area contributed by atoms with E-state index in [1.54, 1.807) is 0 Å². The monoisotopic (exact) mass is 186 g/mol. The molecular formula is C10H18O3. The van der Waals surface area contributed by atoms with Gasteiger partial charge in [0.2, 0.25) is 0 Å². The standard InChI is InChI=1S/C10H18O3/c1-8(2)6-4-5-7-10(12)13-9(3)11/h8H,4-7H2,1-3H3. The molecule has 0 N–H and O–H groups in total. The first-order chi connectivity index (χ1) is 6.02. The normalized spacial score (nSPS) is 10.2. The van der Waals surface area contributed by atoms with E-state index in [0.717, 1.165) is 19.3 Å². The Morgan fingerprint density at radius 1 is 1.23 bits per heavy atom. The molecule has 0 atom stereocenters. The fraction of sp³-hybridized carbons (Fsp3) is 0.800. The second-order valence-electron chi connectivity index (χ2n) is 3.61. The van der Waals surface area contributed by atoms with Gasteiger partial charge in [0.05, 0.1) is 0 Å². The van der Waals surface area contributed by atoms with E-state index in [1.165, 1.54) is 6.92 Å². The maximum Gasteiger partial charge on any atom is 0.313 e. The molecule has 13 heavy (non-hydrogen) atoms. The number of carbonyl (C=O) groups is 2. The predicted molar refractivity (Wildman–Crippen MR) is 50.1 cm³/mol. The molecular weight excluding hydrogens is 168 g/mol. The van der Waals surface area contributed by atoms with Crippen molar-refractivity contribution in [2.24, 2.45) is 5.92 Å². The van der Waals surface area contributed by atoms with Crippen LogP contribution in [0.1, 0.15) is 46.5 Å². The van der Waals surface area contributed by atoms with Crippen molar-refractivity contribution in [3.8, 4) is 0 Å². The minimum absolute atomic E-state index is 0.353. The Hall–Kier alpha value is -0.860. The fourth-order valence-electron chi connectivity index (χ4n) is 1.03. The van der Waals surface area contributed by atoms with Gasteiger partial charge in [-0.05, 0) is 12.3 Å². The van der Waals surface area contributed by atoms with Crippen LogP contribution < -0.4 is 0 Å². The van der Waals surface area contributed by atoms with Crippen LogP contribution in [0.2, 0.25) is 0 Å². The van der Waals surface area contributed by atoms with Gasteiger partial charge in [-0.15, -0.1) is 0 Å². The number of rotatable bonds is 5. The second kappa shape index (κ2) is 6.63. The van der Waals surface area contributed by atoms with E-state index in [2.05, 4.69) is 18.6 Å². The summed E-state index contributed by atoms with van der Waals surface area (Å²) < 4.78 is 4.38. The molecule has 0 spiro atoms. The molecule has 0 saturated heterocycles. The summed E-state index contributed by atoms with van der Waals surface area (Å²) in [7, 11) is 0. The van der Waals surface area contributed by atoms with Gasteiger partial charge in [-0.1, -0.05) is 26.7 Å². The Labute approximate surface area is 79.5 Å². The van der Waals surface area contributed by atoms with Crippen LogP contribution in [0.4, 0.5) is 0 Å². The first-order valence-electron chi connectivity index (χ1n) is 4.73. The number of esters is 2. The topological polar surface area (TPSA) is 43.4 Å². The third kappa shape index (κ3) is 9.05. The van der Waals surface area contributed by atoms with Crippen LogP contribution in [0.25, 0.3) is 0 Å². The third-order valence-corrected chi connectivity index (χ3v) is 1.67. The summed E-state index contributed by atoms with van der Waals surface area (Å²) >= 11 is 0. The van der Waals surface area contributed by atoms with E-state index in [4.69, 9.17) is 0 Å². The highest BCUT2D eigenvalue weighted by molar-refractivity contribution is 5.83. The molecule has 0 rings (SSSR count). The lowest BCUT2D eigenvalue weighted by Gasteiger charge is -2.03. The number of hydrogen-bond acceptors (Lipinski definition) is 3. The molecule has 0 aliphatic carbocycles. The molecule has 76 valence electrons. The lowest BCUT2D eigenvalue weighted by Crippen LogP contribution is -2.08. The summed E-state index contributed by atoms with van der Waals surface area (Å²) in [5.74, 6) is -0.256. The number of hydrogen-bond donors (Lipinski definition) is 0. The highest BCUT2D eigenvalue weighted by Crippen LogP contribution is 2.08. The third-order valence-electron chi connectivity index (χ3n) is 1.67. The molecule has 0 unspecified atom stereocenters. The van der Waals surface area contributed by atoms with Gasteiger partial charge in [-0.25, -0.2) is 0 Å². The molecule has 0 aromatic rings. The van der Waals surface area contributed by atoms with Crippen molar-refractivity contribution in [3.05, 3.63) is 0 Å². The van der Waals surface area contributed by atoms with Crippen LogP contribution in [0.3, 0.4) is 0 Å². The van der Waals surface area contributed by atoms with Gasteiger partial charge in [-0.3, -0.25) is 9.59 Å². The van der Waals surface area contributed by atoms with Gasteiger partial charge >= 0.3 is 11.9 Å². The first kappa shape index (κ1) is 12.1. The van der Waals surface area contributed by atoms with Gasteiger partial charge in [0.1, 0.15) is 0 Å². The van der Waals surface area contributed by atoms with Crippen molar-refractivity contribution in [3.63, 3.8) is 0 Å². The SMILES string of the molecule is CC(=O)OC(=O)CCCCC(C)C. The fourth-order valence-corrected chi connectivity index (χ4v) is 1.03. The number of ether oxygens (including phenoxy) is 1. The van der Waals surface area contributed by atoms with Crippen LogP contribution in [-0.4, -0.2) is 11.9 Å². The van der Waals surface area contributed by atoms with Crippen molar-refractivity contribution in [2.75, 3.05) is 0 Å². The van der Waals surface area contributed by atoms with Crippen LogP contribution in [0.15, 0.2) is 0 Å². The van der Waals surface area contributed by atoms with Gasteiger partial charge in [0.25, 0.3) is 0 Å². The Morgan fingerprint density at radius 3 is 2.31 bits per heavy atom. The average Bonchev–Trinajstić information content (AvgIpc) is 1.96. The Bertz CT molecular complexity index is 173. The predicted octanol–water partition coefficient (Wildman–Crippen LogP) is 2.29. The lowest BCUT2D eigenvalue weighted by atomic mass is 10.1. The lowest BCUT2D eigenvalue weighted by molar-refractivity contribution is -0.158. The van der Waals surface area contributed by atoms with Crippen molar-refractivity contribution in [1.29, 1.82) is 0 Å². The summed E-state index contributed by atoms with van der Waals surface area (Å²) in [6.07, 6.45) is 3.30. The molecule has 3 nitrogen and oxygen atoms in total. The van der Waals surface area contributed by atoms with E-state index in [1.807, 2.05) is 0 Å². The van der Waals surface area contributed by atoms with Crippen molar-refractivity contribution in [1.82, 2.24) is 0 Å². The van der Waals surface area contributed by atoms with E-state index < -0.39 is 11.9 Å². The van der Waals surface area contributed by atoms with Crippen LogP contribution in [0.5, 0.6) is 0 Å². The smallest absolute Gasteiger partial charge is 0.313 e. The van der Waals surface area contributed by atoms with Crippen LogP contribution in [-0.2, 0) is 14.3 Å². The zero-order chi connectivity index (χ0) is 10.3. The zero-order valence-electron chi connectivity index (χ0n) is 8.63. The molecule has 0 aliphatic heterocycles. The number of carbonyl (C=O) groups excluding carboxylic acids is 2. The minimum Gasteiger partial charge on any atom is -0.393 e. The van der Waals surface area contributed by atoms with Crippen molar-refractivity contribution >= 4 is 11.9 Å². The minimum atomic E-state index is -0.520. The van der Waals surface area contributed by atoms with Gasteiger partial charge in [0.15, 0.2) is 0 Å². The molecule has 3 heteroatoms. The zero-order valence-corrected chi connectivity index (χ0v) is 8.63. The van der Waals surface area contributed by atoms with Crippen LogP contribution in [0, 0.1) is 5.92 Å². The van der Waals surface area contributed by atoms with Crippen molar-refractivity contribution < 1.29 is 14.3 Å². The van der Waals surface area contributed by atoms with E-state index in [9.17, 15) is 9.59 Å². The molecule has 0 bridgehead atoms. The average molecular weight is 186 g/mol. The van der Waals surface area contributed by atoms with E-state index in [0.29, 0.717) is 12.3 Å². The summed E-state index contributed by atoms with van der Waals surface area (Å²) in [5, 5.41) is 0. The highest BCUT2D eigenvalue weighted by atomic mass is 16.6. The summed E-state index contributed by atoms with van der Waals surface area (Å²) in [6, 6.07) is 0. The van der Waals surface area contributed by atoms with E-state index in [-0.39, 0.29) is 0 Å². The quantitative estimate of drug-likeness (QED) is 0.376. The highest BCUT2D eigenvalue weighted by Gasteiger charge is 2.05. The molecule has 0 radical (unpaired) electrons. The molecule has 0 saturated carbocycles. The largest absolute Gasteiger partial charge is 0.393 e. The summed E-state index contributed by atoms with van der Waals surface area (Å²) in [6.45, 7) is 5.54. The molecule has 0 fully saturated rings. The Balaban J connectivity index is 3.32.